The fourth-order valence-corrected chi connectivity index (χ4v) is 1.04. The molecule has 0 bridgehead atoms. The molecular weight excluding hydrogens is 193 g/mol. The van der Waals surface area contributed by atoms with Crippen molar-refractivity contribution in [3.63, 3.8) is 0 Å². The van der Waals surface area contributed by atoms with E-state index >= 15 is 0 Å². The van der Waals surface area contributed by atoms with Crippen molar-refractivity contribution in [1.29, 1.82) is 0 Å². The SMILES string of the molecule is NC(=O)/C=C\c1ccc(F)cc1Cl. The Kier molecular flexibility index (Phi) is 3.03. The third-order valence-corrected chi connectivity index (χ3v) is 1.72. The third-order valence-electron chi connectivity index (χ3n) is 1.39. The van der Waals surface area contributed by atoms with Gasteiger partial charge in [-0.25, -0.2) is 4.39 Å². The van der Waals surface area contributed by atoms with Gasteiger partial charge in [0, 0.05) is 6.08 Å². The van der Waals surface area contributed by atoms with Crippen molar-refractivity contribution in [3.8, 4) is 0 Å². The first kappa shape index (κ1) is 9.74. The van der Waals surface area contributed by atoms with Crippen molar-refractivity contribution < 1.29 is 9.18 Å². The number of carbonyl (C=O) groups is 1. The van der Waals surface area contributed by atoms with Crippen molar-refractivity contribution in [2.45, 2.75) is 0 Å². The Morgan fingerprint density at radius 3 is 2.77 bits per heavy atom. The fraction of sp³-hybridized carbons (Fsp3) is 0. The van der Waals surface area contributed by atoms with Crippen LogP contribution < -0.4 is 5.73 Å². The summed E-state index contributed by atoms with van der Waals surface area (Å²) in [5, 5.41) is 0.248. The Hall–Kier alpha value is -1.35. The summed E-state index contributed by atoms with van der Waals surface area (Å²) in [4.78, 5) is 10.4. The summed E-state index contributed by atoms with van der Waals surface area (Å²) in [6.45, 7) is 0. The van der Waals surface area contributed by atoms with Crippen LogP contribution in [0.25, 0.3) is 6.08 Å². The lowest BCUT2D eigenvalue weighted by molar-refractivity contribution is -0.113. The molecular formula is C9H7ClFNO. The van der Waals surface area contributed by atoms with Crippen LogP contribution in [0.2, 0.25) is 5.02 Å². The van der Waals surface area contributed by atoms with Gasteiger partial charge >= 0.3 is 0 Å². The molecule has 0 aromatic heterocycles. The fourth-order valence-electron chi connectivity index (χ4n) is 0.809. The van der Waals surface area contributed by atoms with Gasteiger partial charge in [-0.2, -0.15) is 0 Å². The van der Waals surface area contributed by atoms with Crippen LogP contribution >= 0.6 is 11.6 Å². The van der Waals surface area contributed by atoms with E-state index in [4.69, 9.17) is 17.3 Å². The van der Waals surface area contributed by atoms with Gasteiger partial charge in [-0.15, -0.1) is 0 Å². The van der Waals surface area contributed by atoms with E-state index in [0.29, 0.717) is 5.56 Å². The molecule has 68 valence electrons. The number of carbonyl (C=O) groups excluding carboxylic acids is 1. The predicted octanol–water partition coefficient (Wildman–Crippen LogP) is 1.98. The van der Waals surface area contributed by atoms with E-state index in [1.165, 1.54) is 30.4 Å². The lowest BCUT2D eigenvalue weighted by Crippen LogP contribution is -2.05. The molecule has 0 saturated carbocycles. The Morgan fingerprint density at radius 1 is 1.54 bits per heavy atom. The lowest BCUT2D eigenvalue weighted by Gasteiger charge is -1.96. The van der Waals surface area contributed by atoms with Gasteiger partial charge in [0.1, 0.15) is 5.82 Å². The van der Waals surface area contributed by atoms with Crippen LogP contribution in [0.1, 0.15) is 5.56 Å². The second-order valence-corrected chi connectivity index (χ2v) is 2.81. The first-order valence-corrected chi connectivity index (χ1v) is 3.90. The number of halogens is 2. The van der Waals surface area contributed by atoms with Crippen molar-refractivity contribution in [1.82, 2.24) is 0 Å². The summed E-state index contributed by atoms with van der Waals surface area (Å²) < 4.78 is 12.5. The van der Waals surface area contributed by atoms with Crippen LogP contribution in [0.5, 0.6) is 0 Å². The van der Waals surface area contributed by atoms with Crippen LogP contribution in [0.3, 0.4) is 0 Å². The number of nitrogens with two attached hydrogens (primary N) is 1. The number of hydrogen-bond donors (Lipinski definition) is 1. The highest BCUT2D eigenvalue weighted by molar-refractivity contribution is 6.32. The average molecular weight is 200 g/mol. The van der Waals surface area contributed by atoms with Crippen molar-refractivity contribution in [2.75, 3.05) is 0 Å². The van der Waals surface area contributed by atoms with Crippen LogP contribution in [0.15, 0.2) is 24.3 Å². The Bertz CT molecular complexity index is 363. The summed E-state index contributed by atoms with van der Waals surface area (Å²) in [5.74, 6) is -0.985. The summed E-state index contributed by atoms with van der Waals surface area (Å²) in [5.41, 5.74) is 5.43. The molecule has 0 aliphatic heterocycles. The molecule has 1 amide bonds. The molecule has 0 spiro atoms. The van der Waals surface area contributed by atoms with E-state index < -0.39 is 11.7 Å². The smallest absolute Gasteiger partial charge is 0.241 e. The molecule has 2 N–H and O–H groups in total. The molecule has 0 radical (unpaired) electrons. The van der Waals surface area contributed by atoms with Crippen molar-refractivity contribution in [2.24, 2.45) is 5.73 Å². The molecule has 0 aliphatic carbocycles. The minimum absolute atomic E-state index is 0.248. The number of amides is 1. The summed E-state index contributed by atoms with van der Waals surface area (Å²) in [6, 6.07) is 3.89. The second-order valence-electron chi connectivity index (χ2n) is 2.40. The maximum atomic E-state index is 12.5. The Labute approximate surface area is 79.8 Å². The molecule has 1 aromatic carbocycles. The van der Waals surface area contributed by atoms with Gasteiger partial charge in [-0.1, -0.05) is 17.7 Å². The van der Waals surface area contributed by atoms with Gasteiger partial charge in [0.25, 0.3) is 0 Å². The molecule has 13 heavy (non-hydrogen) atoms. The maximum absolute atomic E-state index is 12.5. The van der Waals surface area contributed by atoms with Gasteiger partial charge in [-0.3, -0.25) is 4.79 Å². The van der Waals surface area contributed by atoms with Gasteiger partial charge < -0.3 is 5.73 Å². The molecule has 1 rings (SSSR count). The van der Waals surface area contributed by atoms with Crippen molar-refractivity contribution >= 4 is 23.6 Å². The van der Waals surface area contributed by atoms with Crippen LogP contribution in [0, 0.1) is 5.82 Å². The lowest BCUT2D eigenvalue weighted by atomic mass is 10.2. The predicted molar refractivity (Wildman–Crippen MR) is 49.6 cm³/mol. The normalized spacial score (nSPS) is 10.6. The van der Waals surface area contributed by atoms with E-state index in [1.54, 1.807) is 0 Å². The van der Waals surface area contributed by atoms with Crippen LogP contribution in [-0.2, 0) is 4.79 Å². The summed E-state index contributed by atoms with van der Waals surface area (Å²) in [7, 11) is 0. The number of hydrogen-bond acceptors (Lipinski definition) is 1. The zero-order valence-electron chi connectivity index (χ0n) is 6.63. The molecule has 0 atom stereocenters. The zero-order chi connectivity index (χ0) is 9.84. The van der Waals surface area contributed by atoms with E-state index in [1.807, 2.05) is 0 Å². The highest BCUT2D eigenvalue weighted by atomic mass is 35.5. The molecule has 4 heteroatoms. The summed E-state index contributed by atoms with van der Waals surface area (Å²) >= 11 is 5.67. The molecule has 0 fully saturated rings. The molecule has 0 heterocycles. The second kappa shape index (κ2) is 4.05. The third kappa shape index (κ3) is 2.87. The zero-order valence-corrected chi connectivity index (χ0v) is 7.38. The standard InChI is InChI=1S/C9H7ClFNO/c10-8-5-7(11)3-1-6(8)2-4-9(12)13/h1-5H,(H2,12,13)/b4-2-. The van der Waals surface area contributed by atoms with Crippen molar-refractivity contribution in [3.05, 3.63) is 40.7 Å². The largest absolute Gasteiger partial charge is 0.366 e. The van der Waals surface area contributed by atoms with E-state index in [-0.39, 0.29) is 5.02 Å². The van der Waals surface area contributed by atoms with Crippen LogP contribution in [0.4, 0.5) is 4.39 Å². The highest BCUT2D eigenvalue weighted by Crippen LogP contribution is 2.18. The number of primary amides is 1. The van der Waals surface area contributed by atoms with Gasteiger partial charge in [0.15, 0.2) is 0 Å². The summed E-state index contributed by atoms with van der Waals surface area (Å²) in [6.07, 6.45) is 2.60. The quantitative estimate of drug-likeness (QED) is 0.728. The highest BCUT2D eigenvalue weighted by Gasteiger charge is 1.98. The molecule has 1 aromatic rings. The minimum Gasteiger partial charge on any atom is -0.366 e. The molecule has 0 saturated heterocycles. The molecule has 2 nitrogen and oxygen atoms in total. The topological polar surface area (TPSA) is 43.1 Å². The maximum Gasteiger partial charge on any atom is 0.241 e. The average Bonchev–Trinajstić information content (AvgIpc) is 2.02. The minimum atomic E-state index is -0.569. The number of benzene rings is 1. The van der Waals surface area contributed by atoms with E-state index in [9.17, 15) is 9.18 Å². The van der Waals surface area contributed by atoms with Gasteiger partial charge in [-0.05, 0) is 23.8 Å². The molecule has 0 aliphatic rings. The molecule has 0 unspecified atom stereocenters. The Morgan fingerprint density at radius 2 is 2.23 bits per heavy atom. The monoisotopic (exact) mass is 199 g/mol. The first-order valence-electron chi connectivity index (χ1n) is 3.52. The van der Waals surface area contributed by atoms with Gasteiger partial charge in [0.05, 0.1) is 5.02 Å². The Balaban J connectivity index is 2.96. The van der Waals surface area contributed by atoms with Crippen LogP contribution in [-0.4, -0.2) is 5.91 Å². The number of rotatable bonds is 2. The van der Waals surface area contributed by atoms with Gasteiger partial charge in [0.2, 0.25) is 5.91 Å². The van der Waals surface area contributed by atoms with E-state index in [0.717, 1.165) is 0 Å². The van der Waals surface area contributed by atoms with E-state index in [2.05, 4.69) is 0 Å². The first-order chi connectivity index (χ1) is 6.09.